The molecule has 0 atom stereocenters. The minimum absolute atomic E-state index is 0.536. The van der Waals surface area contributed by atoms with Crippen LogP contribution in [0.5, 0.6) is 10.9 Å². The minimum Gasteiger partial charge on any atom is -0.430 e. The smallest absolute Gasteiger partial charge is 0.394 e. The number of aliphatic imine (C=N–C) groups is 1. The van der Waals surface area contributed by atoms with Crippen LogP contribution in [0.1, 0.15) is 29.4 Å². The molecule has 12 heteroatoms. The average Bonchev–Trinajstić information content (AvgIpc) is 3.16. The van der Waals surface area contributed by atoms with Gasteiger partial charge in [-0.2, -0.15) is 17.8 Å². The van der Waals surface area contributed by atoms with Gasteiger partial charge in [0.15, 0.2) is 5.82 Å². The second kappa shape index (κ2) is 12.1. The van der Waals surface area contributed by atoms with Gasteiger partial charge in [-0.05, 0) is 61.7 Å². The number of aryl methyl sites for hydroxylation is 2. The molecule has 9 nitrogen and oxygen atoms in total. The molecule has 0 aliphatic heterocycles. The molecule has 178 valence electrons. The van der Waals surface area contributed by atoms with Gasteiger partial charge >= 0.3 is 10.4 Å². The van der Waals surface area contributed by atoms with Crippen LogP contribution in [0.15, 0.2) is 41.4 Å². The van der Waals surface area contributed by atoms with Gasteiger partial charge in [-0.3, -0.25) is 9.11 Å². The van der Waals surface area contributed by atoms with E-state index in [0.717, 1.165) is 45.5 Å². The molecule has 2 aromatic carbocycles. The quantitative estimate of drug-likeness (QED) is 0.253. The summed E-state index contributed by atoms with van der Waals surface area (Å²) in [5.41, 5.74) is 4.10. The van der Waals surface area contributed by atoms with Crippen LogP contribution in [-0.4, -0.2) is 51.7 Å². The summed E-state index contributed by atoms with van der Waals surface area (Å²) in [6.45, 7) is 7.03. The van der Waals surface area contributed by atoms with E-state index in [1.54, 1.807) is 0 Å². The highest BCUT2D eigenvalue weighted by Crippen LogP contribution is 2.32. The maximum atomic E-state index is 8.74. The Labute approximate surface area is 202 Å². The lowest BCUT2D eigenvalue weighted by molar-refractivity contribution is 0.381. The van der Waals surface area contributed by atoms with Crippen molar-refractivity contribution in [3.63, 3.8) is 0 Å². The van der Waals surface area contributed by atoms with Crippen molar-refractivity contribution in [2.45, 2.75) is 27.2 Å². The summed E-state index contributed by atoms with van der Waals surface area (Å²) in [7, 11) is -2.67. The molecule has 0 fully saturated rings. The number of hydrogen-bond acceptors (Lipinski definition) is 7. The average molecular weight is 513 g/mol. The molecule has 1 heterocycles. The Morgan fingerprint density at radius 3 is 2.42 bits per heavy atom. The molecule has 33 heavy (non-hydrogen) atoms. The van der Waals surface area contributed by atoms with Crippen LogP contribution in [0.3, 0.4) is 0 Å². The van der Waals surface area contributed by atoms with Gasteiger partial charge in [-0.1, -0.05) is 23.7 Å². The number of hydrogen-bond donors (Lipinski definition) is 2. The van der Waals surface area contributed by atoms with E-state index in [2.05, 4.69) is 21.3 Å². The number of benzene rings is 2. The summed E-state index contributed by atoms with van der Waals surface area (Å²) in [6.07, 6.45) is 2.49. The predicted molar refractivity (Wildman–Crippen MR) is 131 cm³/mol. The Morgan fingerprint density at radius 2 is 1.82 bits per heavy atom. The second-order valence-corrected chi connectivity index (χ2v) is 9.10. The molecular formula is C21H25ClN4O5S2. The zero-order chi connectivity index (χ0) is 24.6. The molecule has 1 aromatic heterocycles. The Bertz CT molecular complexity index is 1190. The standard InChI is InChI=1S/C21H23ClN4OS.H2O4S/c1-5-26(4)13-23-18-10-15(3)19(11-14(18)2)27-21-24-20(25-28-21)12-16-6-8-17(22)9-7-16;1-5(2,3)4/h6-11,13H,5,12H2,1-4H3;(H2,1,2,3,4). The highest BCUT2D eigenvalue weighted by molar-refractivity contribution is 7.79. The summed E-state index contributed by atoms with van der Waals surface area (Å²) < 4.78 is 42.0. The van der Waals surface area contributed by atoms with Gasteiger partial charge < -0.3 is 9.64 Å². The summed E-state index contributed by atoms with van der Waals surface area (Å²) in [4.78, 5) is 11.1. The van der Waals surface area contributed by atoms with Crippen molar-refractivity contribution >= 4 is 45.6 Å². The fourth-order valence-electron chi connectivity index (χ4n) is 2.50. The minimum atomic E-state index is -4.67. The number of rotatable bonds is 7. The lowest BCUT2D eigenvalue weighted by atomic mass is 10.1. The van der Waals surface area contributed by atoms with Crippen molar-refractivity contribution in [2.75, 3.05) is 13.6 Å². The number of ether oxygens (including phenoxy) is 1. The van der Waals surface area contributed by atoms with E-state index in [1.165, 1.54) is 11.5 Å². The van der Waals surface area contributed by atoms with Crippen LogP contribution in [0.25, 0.3) is 0 Å². The van der Waals surface area contributed by atoms with Crippen molar-refractivity contribution in [1.82, 2.24) is 14.3 Å². The summed E-state index contributed by atoms with van der Waals surface area (Å²) in [6, 6.07) is 11.7. The fourth-order valence-corrected chi connectivity index (χ4v) is 3.18. The van der Waals surface area contributed by atoms with Gasteiger partial charge in [-0.15, -0.1) is 0 Å². The lowest BCUT2D eigenvalue weighted by Crippen LogP contribution is -2.14. The SMILES string of the molecule is CCN(C)C=Nc1cc(C)c(Oc2nc(Cc3ccc(Cl)cc3)ns2)cc1C.O=S(=O)(O)O. The zero-order valence-electron chi connectivity index (χ0n) is 18.6. The molecule has 0 amide bonds. The second-order valence-electron chi connectivity index (χ2n) is 7.05. The molecule has 0 saturated carbocycles. The first-order chi connectivity index (χ1) is 15.4. The molecule has 0 spiro atoms. The van der Waals surface area contributed by atoms with Crippen LogP contribution in [0.4, 0.5) is 5.69 Å². The van der Waals surface area contributed by atoms with Gasteiger partial charge in [0, 0.05) is 36.6 Å². The van der Waals surface area contributed by atoms with Crippen LogP contribution in [-0.2, 0) is 16.8 Å². The normalized spacial score (nSPS) is 11.2. The number of aromatic nitrogens is 2. The van der Waals surface area contributed by atoms with Crippen molar-refractivity contribution in [3.05, 3.63) is 63.9 Å². The largest absolute Gasteiger partial charge is 0.430 e. The van der Waals surface area contributed by atoms with Crippen LogP contribution in [0.2, 0.25) is 5.02 Å². The Balaban J connectivity index is 0.000000696. The first kappa shape index (κ1) is 26.7. The van der Waals surface area contributed by atoms with E-state index in [1.807, 2.05) is 68.5 Å². The molecule has 0 aliphatic rings. The van der Waals surface area contributed by atoms with E-state index in [0.29, 0.717) is 11.6 Å². The van der Waals surface area contributed by atoms with E-state index in [9.17, 15) is 0 Å². The van der Waals surface area contributed by atoms with E-state index in [4.69, 9.17) is 33.9 Å². The monoisotopic (exact) mass is 512 g/mol. The van der Waals surface area contributed by atoms with E-state index >= 15 is 0 Å². The molecule has 0 saturated heterocycles. The molecule has 0 radical (unpaired) electrons. The fraction of sp³-hybridized carbons (Fsp3) is 0.286. The van der Waals surface area contributed by atoms with Crippen LogP contribution in [0, 0.1) is 13.8 Å². The molecule has 0 bridgehead atoms. The third-order valence-corrected chi connectivity index (χ3v) is 5.19. The summed E-state index contributed by atoms with van der Waals surface area (Å²) in [5, 5.41) is 1.26. The number of nitrogens with zero attached hydrogens (tertiary/aromatic N) is 4. The highest BCUT2D eigenvalue weighted by atomic mass is 35.5. The summed E-state index contributed by atoms with van der Waals surface area (Å²) >= 11 is 7.19. The first-order valence-electron chi connectivity index (χ1n) is 9.75. The maximum absolute atomic E-state index is 8.74. The van der Waals surface area contributed by atoms with Gasteiger partial charge in [0.05, 0.1) is 12.0 Å². The van der Waals surface area contributed by atoms with Crippen molar-refractivity contribution in [2.24, 2.45) is 4.99 Å². The molecule has 3 rings (SSSR count). The van der Waals surface area contributed by atoms with Crippen LogP contribution >= 0.6 is 23.1 Å². The van der Waals surface area contributed by atoms with E-state index in [-0.39, 0.29) is 0 Å². The molecular weight excluding hydrogens is 488 g/mol. The molecule has 0 aliphatic carbocycles. The lowest BCUT2D eigenvalue weighted by Gasteiger charge is -2.11. The number of halogens is 1. The van der Waals surface area contributed by atoms with Gasteiger partial charge in [0.2, 0.25) is 0 Å². The Morgan fingerprint density at radius 1 is 1.18 bits per heavy atom. The predicted octanol–water partition coefficient (Wildman–Crippen LogP) is 5.15. The first-order valence-corrected chi connectivity index (χ1v) is 12.3. The topological polar surface area (TPSA) is 125 Å². The van der Waals surface area contributed by atoms with Crippen molar-refractivity contribution in [3.8, 4) is 10.9 Å². The summed E-state index contributed by atoms with van der Waals surface area (Å²) in [5.74, 6) is 1.51. The third kappa shape index (κ3) is 9.84. The third-order valence-electron chi connectivity index (χ3n) is 4.31. The van der Waals surface area contributed by atoms with Gasteiger partial charge in [0.1, 0.15) is 5.75 Å². The van der Waals surface area contributed by atoms with Gasteiger partial charge in [0.25, 0.3) is 5.19 Å². The molecule has 3 aromatic rings. The van der Waals surface area contributed by atoms with Crippen LogP contribution < -0.4 is 4.74 Å². The molecule has 2 N–H and O–H groups in total. The van der Waals surface area contributed by atoms with Crippen molar-refractivity contribution in [1.29, 1.82) is 0 Å². The highest BCUT2D eigenvalue weighted by Gasteiger charge is 2.11. The Hall–Kier alpha value is -2.57. The van der Waals surface area contributed by atoms with Crippen molar-refractivity contribution < 1.29 is 22.3 Å². The Kier molecular flexibility index (Phi) is 9.74. The van der Waals surface area contributed by atoms with E-state index < -0.39 is 10.4 Å². The zero-order valence-corrected chi connectivity index (χ0v) is 20.9. The maximum Gasteiger partial charge on any atom is 0.394 e. The van der Waals surface area contributed by atoms with Gasteiger partial charge in [-0.25, -0.2) is 4.99 Å². The molecule has 0 unspecified atom stereocenters.